The maximum absolute atomic E-state index is 9.76. The maximum atomic E-state index is 9.76. The van der Waals surface area contributed by atoms with Crippen molar-refractivity contribution < 1.29 is 9.84 Å². The van der Waals surface area contributed by atoms with E-state index < -0.39 is 0 Å². The van der Waals surface area contributed by atoms with Gasteiger partial charge in [-0.1, -0.05) is 0 Å². The Morgan fingerprint density at radius 3 is 2.64 bits per heavy atom. The average molecular weight is 325 g/mol. The molecule has 1 rings (SSSR count). The monoisotopic (exact) mass is 323 g/mol. The minimum Gasteiger partial charge on any atom is -0.506 e. The molecular weight excluding hydrogens is 314 g/mol. The SMILES string of the molecule is COc1c(Br)cc(CCN)c(O)c1Br. The van der Waals surface area contributed by atoms with Crippen molar-refractivity contribution in [1.29, 1.82) is 0 Å². The predicted octanol–water partition coefficient (Wildman–Crippen LogP) is 2.43. The molecule has 0 aliphatic heterocycles. The molecular formula is C9H11Br2NO2. The van der Waals surface area contributed by atoms with Crippen LogP contribution in [0.4, 0.5) is 0 Å². The Balaban J connectivity index is 3.25. The summed E-state index contributed by atoms with van der Waals surface area (Å²) in [7, 11) is 1.55. The number of nitrogens with two attached hydrogens (primary N) is 1. The predicted molar refractivity (Wildman–Crippen MR) is 62.8 cm³/mol. The van der Waals surface area contributed by atoms with Gasteiger partial charge in [0.05, 0.1) is 11.6 Å². The number of aromatic hydroxyl groups is 1. The lowest BCUT2D eigenvalue weighted by atomic mass is 10.1. The van der Waals surface area contributed by atoms with Crippen LogP contribution in [-0.2, 0) is 6.42 Å². The van der Waals surface area contributed by atoms with Gasteiger partial charge in [0.1, 0.15) is 10.2 Å². The van der Waals surface area contributed by atoms with E-state index in [1.807, 2.05) is 6.07 Å². The van der Waals surface area contributed by atoms with E-state index in [1.165, 1.54) is 0 Å². The molecule has 1 aromatic rings. The molecule has 0 radical (unpaired) electrons. The third-order valence-corrected chi connectivity index (χ3v) is 3.17. The number of phenolic OH excluding ortho intramolecular Hbond substituents is 1. The Morgan fingerprint density at radius 1 is 1.50 bits per heavy atom. The number of hydrogen-bond donors (Lipinski definition) is 2. The van der Waals surface area contributed by atoms with E-state index in [0.717, 1.165) is 10.0 Å². The first-order valence-electron chi connectivity index (χ1n) is 4.05. The number of benzene rings is 1. The van der Waals surface area contributed by atoms with Crippen LogP contribution in [0.15, 0.2) is 15.0 Å². The van der Waals surface area contributed by atoms with Crippen LogP contribution in [0.25, 0.3) is 0 Å². The lowest BCUT2D eigenvalue weighted by Gasteiger charge is -2.11. The Bertz CT molecular complexity index is 342. The van der Waals surface area contributed by atoms with Crippen molar-refractivity contribution in [2.24, 2.45) is 5.73 Å². The van der Waals surface area contributed by atoms with Crippen molar-refractivity contribution in [3.8, 4) is 11.5 Å². The minimum atomic E-state index is 0.190. The number of hydrogen-bond acceptors (Lipinski definition) is 3. The van der Waals surface area contributed by atoms with Gasteiger partial charge in [-0.3, -0.25) is 0 Å². The van der Waals surface area contributed by atoms with Gasteiger partial charge in [-0.05, 0) is 56.5 Å². The van der Waals surface area contributed by atoms with Crippen molar-refractivity contribution in [2.45, 2.75) is 6.42 Å². The molecule has 0 bridgehead atoms. The fourth-order valence-electron chi connectivity index (χ4n) is 1.17. The van der Waals surface area contributed by atoms with Crippen LogP contribution in [0.3, 0.4) is 0 Å². The Hall–Kier alpha value is -0.260. The van der Waals surface area contributed by atoms with Crippen molar-refractivity contribution >= 4 is 31.9 Å². The molecule has 0 saturated carbocycles. The average Bonchev–Trinajstić information content (AvgIpc) is 2.15. The van der Waals surface area contributed by atoms with E-state index in [4.69, 9.17) is 10.5 Å². The van der Waals surface area contributed by atoms with Crippen LogP contribution in [-0.4, -0.2) is 18.8 Å². The first-order valence-corrected chi connectivity index (χ1v) is 5.64. The molecule has 78 valence electrons. The summed E-state index contributed by atoms with van der Waals surface area (Å²) in [5, 5.41) is 9.76. The van der Waals surface area contributed by atoms with Gasteiger partial charge in [0.15, 0.2) is 5.75 Å². The highest BCUT2D eigenvalue weighted by atomic mass is 79.9. The fraction of sp³-hybridized carbons (Fsp3) is 0.333. The van der Waals surface area contributed by atoms with Gasteiger partial charge in [0.2, 0.25) is 0 Å². The quantitative estimate of drug-likeness (QED) is 0.897. The Morgan fingerprint density at radius 2 is 2.14 bits per heavy atom. The van der Waals surface area contributed by atoms with Crippen LogP contribution >= 0.6 is 31.9 Å². The second-order valence-corrected chi connectivity index (χ2v) is 4.40. The summed E-state index contributed by atoms with van der Waals surface area (Å²) in [5.41, 5.74) is 6.23. The molecule has 5 heteroatoms. The van der Waals surface area contributed by atoms with Crippen LogP contribution < -0.4 is 10.5 Å². The van der Waals surface area contributed by atoms with Gasteiger partial charge < -0.3 is 15.6 Å². The summed E-state index contributed by atoms with van der Waals surface area (Å²) in [4.78, 5) is 0. The zero-order chi connectivity index (χ0) is 10.7. The minimum absolute atomic E-state index is 0.190. The van der Waals surface area contributed by atoms with Gasteiger partial charge in [-0.2, -0.15) is 0 Å². The molecule has 1 aromatic carbocycles. The van der Waals surface area contributed by atoms with Gasteiger partial charge in [0.25, 0.3) is 0 Å². The van der Waals surface area contributed by atoms with E-state index in [9.17, 15) is 5.11 Å². The molecule has 0 saturated heterocycles. The van der Waals surface area contributed by atoms with Crippen molar-refractivity contribution in [1.82, 2.24) is 0 Å². The van der Waals surface area contributed by atoms with Gasteiger partial charge in [-0.25, -0.2) is 0 Å². The molecule has 14 heavy (non-hydrogen) atoms. The zero-order valence-corrected chi connectivity index (χ0v) is 10.9. The molecule has 3 nitrogen and oxygen atoms in total. The van der Waals surface area contributed by atoms with E-state index in [0.29, 0.717) is 23.2 Å². The first-order chi connectivity index (χ1) is 6.61. The van der Waals surface area contributed by atoms with Crippen LogP contribution in [0.1, 0.15) is 5.56 Å². The summed E-state index contributed by atoms with van der Waals surface area (Å²) in [6.45, 7) is 0.499. The number of ether oxygens (including phenoxy) is 1. The molecule has 0 amide bonds. The van der Waals surface area contributed by atoms with E-state index in [2.05, 4.69) is 31.9 Å². The van der Waals surface area contributed by atoms with Crippen LogP contribution in [0.2, 0.25) is 0 Å². The third-order valence-electron chi connectivity index (χ3n) is 1.85. The molecule has 0 aromatic heterocycles. The number of halogens is 2. The molecule has 0 atom stereocenters. The number of phenols is 1. The summed E-state index contributed by atoms with van der Waals surface area (Å²) in [6.07, 6.45) is 0.632. The summed E-state index contributed by atoms with van der Waals surface area (Å²) >= 11 is 6.62. The second kappa shape index (κ2) is 5.00. The molecule has 0 unspecified atom stereocenters. The third kappa shape index (κ3) is 2.21. The molecule has 0 aliphatic carbocycles. The fourth-order valence-corrected chi connectivity index (χ4v) is 2.71. The van der Waals surface area contributed by atoms with E-state index >= 15 is 0 Å². The Kier molecular flexibility index (Phi) is 4.22. The van der Waals surface area contributed by atoms with Crippen molar-refractivity contribution in [3.05, 3.63) is 20.6 Å². The van der Waals surface area contributed by atoms with Gasteiger partial charge >= 0.3 is 0 Å². The van der Waals surface area contributed by atoms with Gasteiger partial charge in [0, 0.05) is 0 Å². The molecule has 0 spiro atoms. The largest absolute Gasteiger partial charge is 0.506 e. The first kappa shape index (κ1) is 11.8. The topological polar surface area (TPSA) is 55.5 Å². The standard InChI is InChI=1S/C9H11Br2NO2/c1-14-9-6(10)4-5(2-3-12)8(13)7(9)11/h4,13H,2-3,12H2,1H3. The highest BCUT2D eigenvalue weighted by molar-refractivity contribution is 9.11. The van der Waals surface area contributed by atoms with E-state index in [-0.39, 0.29) is 5.75 Å². The number of rotatable bonds is 3. The lowest BCUT2D eigenvalue weighted by Crippen LogP contribution is -2.03. The van der Waals surface area contributed by atoms with E-state index in [1.54, 1.807) is 7.11 Å². The zero-order valence-electron chi connectivity index (χ0n) is 7.68. The maximum Gasteiger partial charge on any atom is 0.150 e. The summed E-state index contributed by atoms with van der Waals surface area (Å²) in [5.74, 6) is 0.777. The highest BCUT2D eigenvalue weighted by Gasteiger charge is 2.14. The highest BCUT2D eigenvalue weighted by Crippen LogP contribution is 2.41. The molecule has 3 N–H and O–H groups in total. The van der Waals surface area contributed by atoms with Gasteiger partial charge in [-0.15, -0.1) is 0 Å². The smallest absolute Gasteiger partial charge is 0.150 e. The molecule has 0 heterocycles. The van der Waals surface area contributed by atoms with Crippen LogP contribution in [0.5, 0.6) is 11.5 Å². The summed E-state index contributed by atoms with van der Waals surface area (Å²) in [6, 6.07) is 1.81. The summed E-state index contributed by atoms with van der Waals surface area (Å²) < 4.78 is 6.46. The molecule has 0 fully saturated rings. The normalized spacial score (nSPS) is 10.3. The van der Waals surface area contributed by atoms with Crippen molar-refractivity contribution in [3.63, 3.8) is 0 Å². The second-order valence-electron chi connectivity index (χ2n) is 2.75. The van der Waals surface area contributed by atoms with Crippen LogP contribution in [0, 0.1) is 0 Å². The molecule has 0 aliphatic rings. The Labute approximate surface area is 99.5 Å². The van der Waals surface area contributed by atoms with Crippen molar-refractivity contribution in [2.75, 3.05) is 13.7 Å². The number of methoxy groups -OCH3 is 1. The lowest BCUT2D eigenvalue weighted by molar-refractivity contribution is 0.399.